The zero-order chi connectivity index (χ0) is 16.3. The Labute approximate surface area is 128 Å². The van der Waals surface area contributed by atoms with Gasteiger partial charge in [-0.3, -0.25) is 25.2 Å². The second kappa shape index (κ2) is 6.19. The Morgan fingerprint density at radius 3 is 2.50 bits per heavy atom. The molecule has 2 aromatic carbocycles. The van der Waals surface area contributed by atoms with E-state index in [9.17, 15) is 25.3 Å². The Bertz CT molecular complexity index is 791. The largest absolute Gasteiger partial charge is 0.502 e. The fourth-order valence-electron chi connectivity index (χ4n) is 1.67. The van der Waals surface area contributed by atoms with Gasteiger partial charge < -0.3 is 5.11 Å². The minimum Gasteiger partial charge on any atom is -0.502 e. The molecule has 1 N–H and O–H groups in total. The van der Waals surface area contributed by atoms with Crippen LogP contribution in [0.4, 0.5) is 17.1 Å². The summed E-state index contributed by atoms with van der Waals surface area (Å²) in [7, 11) is 0. The highest BCUT2D eigenvalue weighted by Gasteiger charge is 2.17. The second-order valence-corrected chi connectivity index (χ2v) is 4.59. The van der Waals surface area contributed by atoms with Gasteiger partial charge in [-0.25, -0.2) is 0 Å². The van der Waals surface area contributed by atoms with Gasteiger partial charge in [0.15, 0.2) is 0 Å². The molecule has 0 saturated carbocycles. The lowest BCUT2D eigenvalue weighted by Gasteiger charge is -2.01. The topological polar surface area (TPSA) is 119 Å². The summed E-state index contributed by atoms with van der Waals surface area (Å²) >= 11 is 5.75. The van der Waals surface area contributed by atoms with Crippen molar-refractivity contribution in [2.24, 2.45) is 4.99 Å². The van der Waals surface area contributed by atoms with Gasteiger partial charge in [-0.2, -0.15) is 0 Å². The quantitative estimate of drug-likeness (QED) is 0.524. The molecule has 0 atom stereocenters. The van der Waals surface area contributed by atoms with Crippen molar-refractivity contribution in [1.82, 2.24) is 0 Å². The number of phenols is 1. The highest BCUT2D eigenvalue weighted by molar-refractivity contribution is 6.31. The molecule has 22 heavy (non-hydrogen) atoms. The number of nitro groups is 2. The Balaban J connectivity index is 2.40. The molecule has 0 heterocycles. The van der Waals surface area contributed by atoms with Crippen LogP contribution in [0, 0.1) is 20.2 Å². The molecule has 0 saturated heterocycles. The van der Waals surface area contributed by atoms with E-state index in [4.69, 9.17) is 11.6 Å². The van der Waals surface area contributed by atoms with Crippen molar-refractivity contribution < 1.29 is 15.0 Å². The van der Waals surface area contributed by atoms with Gasteiger partial charge in [-0.15, -0.1) is 0 Å². The lowest BCUT2D eigenvalue weighted by Crippen LogP contribution is -1.92. The van der Waals surface area contributed by atoms with Crippen molar-refractivity contribution in [3.63, 3.8) is 0 Å². The minimum absolute atomic E-state index is 0.0331. The van der Waals surface area contributed by atoms with E-state index in [1.807, 2.05) is 0 Å². The summed E-state index contributed by atoms with van der Waals surface area (Å²) in [4.78, 5) is 24.1. The molecule has 0 spiro atoms. The van der Waals surface area contributed by atoms with Gasteiger partial charge in [-0.05, 0) is 12.1 Å². The maximum Gasteiger partial charge on any atom is 0.312 e. The van der Waals surface area contributed by atoms with Crippen LogP contribution in [0.5, 0.6) is 5.75 Å². The SMILES string of the molecule is O=[N+]([O-])c1cccc(N=Cc2cc(Cl)cc([N+](=O)[O-])c2O)c1. The first kappa shape index (κ1) is 15.4. The van der Waals surface area contributed by atoms with Crippen molar-refractivity contribution in [2.45, 2.75) is 0 Å². The van der Waals surface area contributed by atoms with E-state index < -0.39 is 21.3 Å². The summed E-state index contributed by atoms with van der Waals surface area (Å²) in [6, 6.07) is 7.81. The first-order valence-electron chi connectivity index (χ1n) is 5.84. The van der Waals surface area contributed by atoms with Crippen LogP contribution in [0.2, 0.25) is 5.02 Å². The molecule has 9 heteroatoms. The standard InChI is InChI=1S/C13H8ClN3O5/c14-9-4-8(13(18)12(5-9)17(21)22)7-15-10-2-1-3-11(6-10)16(19)20/h1-7,18H. The van der Waals surface area contributed by atoms with Crippen molar-refractivity contribution in [1.29, 1.82) is 0 Å². The van der Waals surface area contributed by atoms with Crippen LogP contribution in [0.15, 0.2) is 41.4 Å². The van der Waals surface area contributed by atoms with Gasteiger partial charge in [-0.1, -0.05) is 17.7 Å². The van der Waals surface area contributed by atoms with Crippen LogP contribution in [-0.4, -0.2) is 21.2 Å². The molecule has 0 amide bonds. The molecular weight excluding hydrogens is 314 g/mol. The molecular formula is C13H8ClN3O5. The maximum absolute atomic E-state index is 10.8. The van der Waals surface area contributed by atoms with E-state index in [0.717, 1.165) is 12.3 Å². The van der Waals surface area contributed by atoms with Crippen LogP contribution in [0.1, 0.15) is 5.56 Å². The summed E-state index contributed by atoms with van der Waals surface area (Å²) in [5, 5.41) is 31.3. The second-order valence-electron chi connectivity index (χ2n) is 4.16. The number of hydrogen-bond acceptors (Lipinski definition) is 6. The molecule has 2 aromatic rings. The predicted octanol–water partition coefficient (Wildman–Crippen LogP) is 3.61. The van der Waals surface area contributed by atoms with Crippen LogP contribution in [-0.2, 0) is 0 Å². The molecule has 0 unspecified atom stereocenters. The van der Waals surface area contributed by atoms with Crippen LogP contribution >= 0.6 is 11.6 Å². The smallest absolute Gasteiger partial charge is 0.312 e. The number of halogens is 1. The summed E-state index contributed by atoms with van der Waals surface area (Å²) in [5.74, 6) is -0.580. The Kier molecular flexibility index (Phi) is 4.33. The van der Waals surface area contributed by atoms with Crippen molar-refractivity contribution in [3.8, 4) is 5.75 Å². The normalized spacial score (nSPS) is 10.8. The van der Waals surface area contributed by atoms with E-state index in [2.05, 4.69) is 4.99 Å². The zero-order valence-corrected chi connectivity index (χ0v) is 11.6. The van der Waals surface area contributed by atoms with Gasteiger partial charge in [0, 0.05) is 35.0 Å². The van der Waals surface area contributed by atoms with E-state index >= 15 is 0 Å². The summed E-state index contributed by atoms with van der Waals surface area (Å²) in [5.41, 5.74) is -0.397. The van der Waals surface area contributed by atoms with Gasteiger partial charge in [0.05, 0.1) is 15.5 Å². The Morgan fingerprint density at radius 1 is 1.14 bits per heavy atom. The molecule has 112 valence electrons. The average molecular weight is 322 g/mol. The molecule has 8 nitrogen and oxygen atoms in total. The predicted molar refractivity (Wildman–Crippen MR) is 80.1 cm³/mol. The first-order chi connectivity index (χ1) is 10.4. The van der Waals surface area contributed by atoms with Crippen molar-refractivity contribution >= 4 is 34.9 Å². The number of hydrogen-bond donors (Lipinski definition) is 1. The van der Waals surface area contributed by atoms with Gasteiger partial charge in [0.1, 0.15) is 0 Å². The Morgan fingerprint density at radius 2 is 1.86 bits per heavy atom. The zero-order valence-electron chi connectivity index (χ0n) is 10.8. The first-order valence-corrected chi connectivity index (χ1v) is 6.21. The minimum atomic E-state index is -0.772. The van der Waals surface area contributed by atoms with E-state index in [1.54, 1.807) is 0 Å². The summed E-state index contributed by atoms with van der Waals surface area (Å²) in [6.07, 6.45) is 1.15. The third-order valence-corrected chi connectivity index (χ3v) is 2.89. The fraction of sp³-hybridized carbons (Fsp3) is 0. The number of rotatable bonds is 4. The number of benzene rings is 2. The summed E-state index contributed by atoms with van der Waals surface area (Å²) < 4.78 is 0. The number of nitrogens with zero attached hydrogens (tertiary/aromatic N) is 3. The van der Waals surface area contributed by atoms with E-state index in [1.165, 1.54) is 30.3 Å². The number of aliphatic imine (C=N–C) groups is 1. The van der Waals surface area contributed by atoms with Crippen molar-refractivity contribution in [3.05, 3.63) is 67.2 Å². The summed E-state index contributed by atoms with van der Waals surface area (Å²) in [6.45, 7) is 0. The number of non-ortho nitro benzene ring substituents is 1. The van der Waals surface area contributed by atoms with E-state index in [0.29, 0.717) is 0 Å². The fourth-order valence-corrected chi connectivity index (χ4v) is 1.89. The molecule has 2 rings (SSSR count). The van der Waals surface area contributed by atoms with Crippen LogP contribution in [0.3, 0.4) is 0 Å². The molecule has 0 fully saturated rings. The molecule has 0 aromatic heterocycles. The molecule has 0 aliphatic heterocycles. The number of aromatic hydroxyl groups is 1. The third-order valence-electron chi connectivity index (χ3n) is 2.67. The van der Waals surface area contributed by atoms with Gasteiger partial charge in [0.2, 0.25) is 5.75 Å². The molecule has 0 aliphatic rings. The monoisotopic (exact) mass is 321 g/mol. The third kappa shape index (κ3) is 3.36. The molecule has 0 bridgehead atoms. The highest BCUT2D eigenvalue weighted by atomic mass is 35.5. The molecule has 0 radical (unpaired) electrons. The number of nitro benzene ring substituents is 2. The lowest BCUT2D eigenvalue weighted by molar-refractivity contribution is -0.385. The lowest BCUT2D eigenvalue weighted by atomic mass is 10.2. The van der Waals surface area contributed by atoms with E-state index in [-0.39, 0.29) is 22.0 Å². The van der Waals surface area contributed by atoms with Gasteiger partial charge >= 0.3 is 5.69 Å². The molecule has 0 aliphatic carbocycles. The number of phenolic OH excluding ortho intramolecular Hbond substituents is 1. The highest BCUT2D eigenvalue weighted by Crippen LogP contribution is 2.32. The van der Waals surface area contributed by atoms with Crippen LogP contribution < -0.4 is 0 Å². The van der Waals surface area contributed by atoms with Gasteiger partial charge in [0.25, 0.3) is 5.69 Å². The van der Waals surface area contributed by atoms with Crippen molar-refractivity contribution in [2.75, 3.05) is 0 Å². The van der Waals surface area contributed by atoms with Crippen LogP contribution in [0.25, 0.3) is 0 Å². The Hall–Kier alpha value is -3.00. The average Bonchev–Trinajstić information content (AvgIpc) is 2.47. The maximum atomic E-state index is 10.8.